The summed E-state index contributed by atoms with van der Waals surface area (Å²) in [6.07, 6.45) is -0.881. The lowest BCUT2D eigenvalue weighted by Gasteiger charge is -2.21. The number of phenols is 1. The van der Waals surface area contributed by atoms with Crippen LogP contribution >= 0.6 is 0 Å². The zero-order chi connectivity index (χ0) is 20.8. The molecule has 29 heavy (non-hydrogen) atoms. The van der Waals surface area contributed by atoms with E-state index in [1.165, 1.54) is 0 Å². The number of benzene rings is 3. The van der Waals surface area contributed by atoms with Crippen LogP contribution in [0.4, 0.5) is 0 Å². The average molecular weight is 389 g/mol. The Balaban J connectivity index is 1.60. The smallest absolute Gasteiger partial charge is 0.338 e. The summed E-state index contributed by atoms with van der Waals surface area (Å²) in [4.78, 5) is 26.5. The molecule has 5 heteroatoms. The van der Waals surface area contributed by atoms with Crippen molar-refractivity contribution in [2.24, 2.45) is 0 Å². The third kappa shape index (κ3) is 5.23. The molecule has 5 nitrogen and oxygen atoms in total. The lowest BCUT2D eigenvalue weighted by molar-refractivity contribution is -0.139. The summed E-state index contributed by atoms with van der Waals surface area (Å²) in [5.41, 5.74) is 3.21. The molecule has 0 radical (unpaired) electrons. The molecule has 0 aliphatic heterocycles. The topological polar surface area (TPSA) is 66.8 Å². The molecule has 3 rings (SSSR count). The highest BCUT2D eigenvalue weighted by molar-refractivity contribution is 5.92. The molecule has 0 saturated heterocycles. The first-order valence-electron chi connectivity index (χ1n) is 9.33. The van der Waals surface area contributed by atoms with Crippen molar-refractivity contribution in [1.29, 1.82) is 0 Å². The number of ether oxygens (including phenoxy) is 1. The fourth-order valence-electron chi connectivity index (χ4n) is 2.98. The predicted octanol–water partition coefficient (Wildman–Crippen LogP) is 4.26. The molecule has 1 N–H and O–H groups in total. The summed E-state index contributed by atoms with van der Waals surface area (Å²) in [7, 11) is 1.69. The van der Waals surface area contributed by atoms with Crippen molar-refractivity contribution >= 4 is 11.9 Å². The van der Waals surface area contributed by atoms with E-state index in [0.717, 1.165) is 16.7 Å². The molecular weight excluding hydrogens is 366 g/mol. The number of rotatable bonds is 6. The second kappa shape index (κ2) is 9.06. The zero-order valence-electron chi connectivity index (χ0n) is 16.4. The van der Waals surface area contributed by atoms with Crippen molar-refractivity contribution in [2.45, 2.75) is 19.6 Å². The van der Waals surface area contributed by atoms with E-state index in [1.807, 2.05) is 30.3 Å². The van der Waals surface area contributed by atoms with Crippen molar-refractivity contribution in [3.05, 3.63) is 90.0 Å². The summed E-state index contributed by atoms with van der Waals surface area (Å²) in [6.45, 7) is 2.02. The van der Waals surface area contributed by atoms with Gasteiger partial charge < -0.3 is 14.7 Å². The van der Waals surface area contributed by atoms with Crippen LogP contribution in [0.1, 0.15) is 22.8 Å². The van der Waals surface area contributed by atoms with Gasteiger partial charge in [0.05, 0.1) is 5.56 Å². The second-order valence-corrected chi connectivity index (χ2v) is 6.85. The Kier molecular flexibility index (Phi) is 6.29. The fourth-order valence-corrected chi connectivity index (χ4v) is 2.98. The summed E-state index contributed by atoms with van der Waals surface area (Å²) < 4.78 is 5.36. The number of carbonyl (C=O) groups is 2. The number of amides is 1. The van der Waals surface area contributed by atoms with Gasteiger partial charge in [-0.1, -0.05) is 54.6 Å². The van der Waals surface area contributed by atoms with E-state index >= 15 is 0 Å². The number of esters is 1. The van der Waals surface area contributed by atoms with E-state index in [1.54, 1.807) is 67.4 Å². The van der Waals surface area contributed by atoms with Gasteiger partial charge in [0, 0.05) is 13.6 Å². The number of hydrogen-bond donors (Lipinski definition) is 1. The molecule has 0 aliphatic rings. The molecule has 0 aromatic heterocycles. The van der Waals surface area contributed by atoms with E-state index in [4.69, 9.17) is 4.74 Å². The van der Waals surface area contributed by atoms with E-state index in [2.05, 4.69) is 0 Å². The van der Waals surface area contributed by atoms with Crippen LogP contribution in [-0.2, 0) is 16.1 Å². The van der Waals surface area contributed by atoms with Crippen LogP contribution in [0.2, 0.25) is 0 Å². The maximum Gasteiger partial charge on any atom is 0.338 e. The van der Waals surface area contributed by atoms with Gasteiger partial charge in [0.2, 0.25) is 0 Å². The second-order valence-electron chi connectivity index (χ2n) is 6.85. The molecule has 0 aliphatic carbocycles. The van der Waals surface area contributed by atoms with Gasteiger partial charge in [-0.3, -0.25) is 4.79 Å². The fraction of sp³-hybridized carbons (Fsp3) is 0.167. The maximum atomic E-state index is 12.5. The molecular formula is C24H23NO4. The monoisotopic (exact) mass is 389 g/mol. The van der Waals surface area contributed by atoms with E-state index in [0.29, 0.717) is 12.1 Å². The highest BCUT2D eigenvalue weighted by Gasteiger charge is 2.22. The Morgan fingerprint density at radius 2 is 1.45 bits per heavy atom. The van der Waals surface area contributed by atoms with Crippen molar-refractivity contribution < 1.29 is 19.4 Å². The van der Waals surface area contributed by atoms with Gasteiger partial charge in [0.25, 0.3) is 5.91 Å². The molecule has 3 aromatic carbocycles. The van der Waals surface area contributed by atoms with Crippen LogP contribution in [0.3, 0.4) is 0 Å². The number of hydrogen-bond acceptors (Lipinski definition) is 4. The van der Waals surface area contributed by atoms with Gasteiger partial charge in [-0.15, -0.1) is 0 Å². The number of phenolic OH excluding ortho intramolecular Hbond substituents is 1. The van der Waals surface area contributed by atoms with Crippen LogP contribution in [0.5, 0.6) is 5.75 Å². The van der Waals surface area contributed by atoms with Crippen molar-refractivity contribution in [3.8, 4) is 16.9 Å². The minimum Gasteiger partial charge on any atom is -0.508 e. The molecule has 1 atom stereocenters. The summed E-state index contributed by atoms with van der Waals surface area (Å²) in [5, 5.41) is 9.38. The van der Waals surface area contributed by atoms with Crippen LogP contribution in [-0.4, -0.2) is 35.0 Å². The zero-order valence-corrected chi connectivity index (χ0v) is 16.4. The molecule has 0 fully saturated rings. The Bertz CT molecular complexity index is 966. The van der Waals surface area contributed by atoms with Gasteiger partial charge in [-0.05, 0) is 47.9 Å². The van der Waals surface area contributed by atoms with Crippen LogP contribution < -0.4 is 0 Å². The minimum atomic E-state index is -0.881. The van der Waals surface area contributed by atoms with Crippen LogP contribution in [0.25, 0.3) is 11.1 Å². The number of aromatic hydroxyl groups is 1. The first-order valence-corrected chi connectivity index (χ1v) is 9.33. The largest absolute Gasteiger partial charge is 0.508 e. The standard InChI is InChI=1S/C24H23NO4/c1-17(23(27)25(2)16-18-6-4-3-5-7-18)29-24(28)21-10-8-19(9-11-21)20-12-14-22(26)15-13-20/h3-15,17,26H,16H2,1-2H3/t17-/m0/s1. The summed E-state index contributed by atoms with van der Waals surface area (Å²) in [5.74, 6) is -0.607. The summed E-state index contributed by atoms with van der Waals surface area (Å²) >= 11 is 0. The van der Waals surface area contributed by atoms with E-state index in [9.17, 15) is 14.7 Å². The van der Waals surface area contributed by atoms with E-state index < -0.39 is 12.1 Å². The first kappa shape index (κ1) is 20.1. The third-order valence-electron chi connectivity index (χ3n) is 4.59. The Morgan fingerprint density at radius 1 is 0.897 bits per heavy atom. The Hall–Kier alpha value is -3.60. The highest BCUT2D eigenvalue weighted by Crippen LogP contribution is 2.22. The average Bonchev–Trinajstić information content (AvgIpc) is 2.74. The van der Waals surface area contributed by atoms with Crippen LogP contribution in [0, 0.1) is 0 Å². The van der Waals surface area contributed by atoms with Crippen molar-refractivity contribution in [2.75, 3.05) is 7.05 Å². The van der Waals surface area contributed by atoms with Gasteiger partial charge in [-0.2, -0.15) is 0 Å². The molecule has 0 saturated carbocycles. The normalized spacial score (nSPS) is 11.5. The Morgan fingerprint density at radius 3 is 2.03 bits per heavy atom. The molecule has 3 aromatic rings. The SMILES string of the molecule is C[C@H](OC(=O)c1ccc(-c2ccc(O)cc2)cc1)C(=O)N(C)Cc1ccccc1. The lowest BCUT2D eigenvalue weighted by Crippen LogP contribution is -2.37. The molecule has 0 spiro atoms. The van der Waals surface area contributed by atoms with Crippen LogP contribution in [0.15, 0.2) is 78.9 Å². The summed E-state index contributed by atoms with van der Waals surface area (Å²) in [6, 6.07) is 23.4. The van der Waals surface area contributed by atoms with E-state index in [-0.39, 0.29) is 11.7 Å². The molecule has 0 bridgehead atoms. The molecule has 148 valence electrons. The molecule has 1 amide bonds. The first-order chi connectivity index (χ1) is 13.9. The molecule has 0 unspecified atom stereocenters. The third-order valence-corrected chi connectivity index (χ3v) is 4.59. The predicted molar refractivity (Wildman–Crippen MR) is 111 cm³/mol. The quantitative estimate of drug-likeness (QED) is 0.640. The maximum absolute atomic E-state index is 12.5. The molecule has 0 heterocycles. The van der Waals surface area contributed by atoms with Gasteiger partial charge in [0.1, 0.15) is 5.75 Å². The van der Waals surface area contributed by atoms with Crippen molar-refractivity contribution in [1.82, 2.24) is 4.90 Å². The van der Waals surface area contributed by atoms with Gasteiger partial charge in [-0.25, -0.2) is 4.79 Å². The number of carbonyl (C=O) groups excluding carboxylic acids is 2. The van der Waals surface area contributed by atoms with Crippen molar-refractivity contribution in [3.63, 3.8) is 0 Å². The minimum absolute atomic E-state index is 0.199. The number of likely N-dealkylation sites (N-methyl/N-ethyl adjacent to an activating group) is 1. The lowest BCUT2D eigenvalue weighted by atomic mass is 10.0. The van der Waals surface area contributed by atoms with Gasteiger partial charge >= 0.3 is 5.97 Å². The highest BCUT2D eigenvalue weighted by atomic mass is 16.5. The van der Waals surface area contributed by atoms with Gasteiger partial charge in [0.15, 0.2) is 6.10 Å². The number of nitrogens with zero attached hydrogens (tertiary/aromatic N) is 1. The Labute approximate surface area is 170 Å².